The third kappa shape index (κ3) is 1.62. The fraction of sp³-hybridized carbons (Fsp3) is 0. The van der Waals surface area contributed by atoms with Crippen LogP contribution in [0.15, 0.2) is 47.1 Å². The largest absolute Gasteiger partial charge is 0.462 e. The molecule has 17 heavy (non-hydrogen) atoms. The first-order valence-electron chi connectivity index (χ1n) is 4.80. The number of furan rings is 1. The summed E-state index contributed by atoms with van der Waals surface area (Å²) in [4.78, 5) is 24.2. The van der Waals surface area contributed by atoms with E-state index in [2.05, 4.69) is 0 Å². The number of hydrogen-bond acceptors (Lipinski definition) is 3. The zero-order chi connectivity index (χ0) is 11.1. The molecule has 0 atom stereocenters. The van der Waals surface area contributed by atoms with Crippen LogP contribution in [0.1, 0.15) is 0 Å². The first-order valence-corrected chi connectivity index (χ1v) is 4.80. The van der Waals surface area contributed by atoms with Crippen molar-refractivity contribution < 1.29 is 14.0 Å². The third-order valence-electron chi connectivity index (χ3n) is 2.51. The molecule has 0 N–H and O–H groups in total. The number of amides is 2. The molecule has 0 fully saturated rings. The normalized spacial score (nSPS) is 14.5. The van der Waals surface area contributed by atoms with Crippen molar-refractivity contribution in [1.82, 2.24) is 0 Å². The minimum atomic E-state index is -0.339. The van der Waals surface area contributed by atoms with Crippen molar-refractivity contribution in [3.8, 4) is 0 Å². The van der Waals surface area contributed by atoms with Crippen molar-refractivity contribution in [1.29, 1.82) is 0 Å². The fourth-order valence-corrected chi connectivity index (χ4v) is 1.79. The number of benzene rings is 1. The molecule has 0 aliphatic carbocycles. The highest BCUT2D eigenvalue weighted by Gasteiger charge is 2.27. The summed E-state index contributed by atoms with van der Waals surface area (Å²) >= 11 is 0. The Morgan fingerprint density at radius 2 is 1.71 bits per heavy atom. The van der Waals surface area contributed by atoms with E-state index in [9.17, 15) is 9.59 Å². The van der Waals surface area contributed by atoms with E-state index in [1.807, 2.05) is 6.07 Å². The van der Waals surface area contributed by atoms with Crippen molar-refractivity contribution in [3.05, 3.63) is 42.7 Å². The van der Waals surface area contributed by atoms with E-state index in [0.29, 0.717) is 11.3 Å². The number of carbonyl (C=O) groups excluding carboxylic acids is 2. The number of rotatable bonds is 1. The van der Waals surface area contributed by atoms with Gasteiger partial charge >= 0.3 is 0 Å². The molecule has 2 heterocycles. The summed E-state index contributed by atoms with van der Waals surface area (Å²) in [6.07, 6.45) is 4.04. The quantitative estimate of drug-likeness (QED) is 0.729. The maximum Gasteiger partial charge on any atom is 0.258 e. The van der Waals surface area contributed by atoms with Crippen molar-refractivity contribution in [2.45, 2.75) is 0 Å². The lowest BCUT2D eigenvalue weighted by atomic mass is 10.2. The molecule has 0 spiro atoms. The highest BCUT2D eigenvalue weighted by Crippen LogP contribution is 2.29. The van der Waals surface area contributed by atoms with Gasteiger partial charge in [-0.25, -0.2) is 4.90 Å². The van der Waals surface area contributed by atoms with E-state index < -0.39 is 0 Å². The lowest BCUT2D eigenvalue weighted by Crippen LogP contribution is -2.29. The molecule has 2 amide bonds. The Bertz CT molecular complexity index is 611. The number of nitrogens with zero attached hydrogens (tertiary/aromatic N) is 1. The molecule has 3 rings (SSSR count). The van der Waals surface area contributed by atoms with E-state index in [1.165, 1.54) is 18.4 Å². The monoisotopic (exact) mass is 249 g/mol. The fourth-order valence-electron chi connectivity index (χ4n) is 1.79. The molecule has 4 nitrogen and oxygen atoms in total. The van der Waals surface area contributed by atoms with Gasteiger partial charge in [0.2, 0.25) is 0 Å². The first kappa shape index (κ1) is 11.4. The molecule has 5 heteroatoms. The van der Waals surface area contributed by atoms with Gasteiger partial charge in [0.1, 0.15) is 0 Å². The van der Waals surface area contributed by atoms with Crippen molar-refractivity contribution in [3.63, 3.8) is 0 Å². The lowest BCUT2D eigenvalue weighted by Gasteiger charge is -2.13. The Morgan fingerprint density at radius 3 is 2.41 bits per heavy atom. The van der Waals surface area contributed by atoms with Gasteiger partial charge in [-0.2, -0.15) is 0 Å². The van der Waals surface area contributed by atoms with Crippen molar-refractivity contribution >= 4 is 40.9 Å². The molecule has 1 aliphatic heterocycles. The van der Waals surface area contributed by atoms with Crippen LogP contribution >= 0.6 is 12.4 Å². The molecular formula is C12H8ClNO3. The Hall–Kier alpha value is -2.07. The SMILES string of the molecule is Cl.O=C1C=CC(=O)N1c1cccc2ccoc12. The maximum atomic E-state index is 11.5. The average Bonchev–Trinajstić information content (AvgIpc) is 2.86. The van der Waals surface area contributed by atoms with E-state index in [4.69, 9.17) is 4.42 Å². The van der Waals surface area contributed by atoms with E-state index in [0.717, 1.165) is 10.3 Å². The summed E-state index contributed by atoms with van der Waals surface area (Å²) in [6, 6.07) is 7.12. The summed E-state index contributed by atoms with van der Waals surface area (Å²) in [7, 11) is 0. The second-order valence-corrected chi connectivity index (χ2v) is 3.46. The molecule has 1 aromatic heterocycles. The molecule has 1 aliphatic rings. The number of halogens is 1. The van der Waals surface area contributed by atoms with Crippen LogP contribution in [0.2, 0.25) is 0 Å². The standard InChI is InChI=1S/C12H7NO3.ClH/c14-10-4-5-11(15)13(10)9-3-1-2-8-6-7-16-12(8)9;/h1-7H;1H. The van der Waals surface area contributed by atoms with Crippen molar-refractivity contribution in [2.75, 3.05) is 4.90 Å². The van der Waals surface area contributed by atoms with E-state index in [-0.39, 0.29) is 24.2 Å². The second-order valence-electron chi connectivity index (χ2n) is 3.46. The maximum absolute atomic E-state index is 11.5. The van der Waals surface area contributed by atoms with Gasteiger partial charge in [-0.1, -0.05) is 12.1 Å². The number of para-hydroxylation sites is 1. The van der Waals surface area contributed by atoms with Crippen LogP contribution in [0, 0.1) is 0 Å². The lowest BCUT2D eigenvalue weighted by molar-refractivity contribution is -0.119. The topological polar surface area (TPSA) is 50.5 Å². The van der Waals surface area contributed by atoms with Gasteiger partial charge in [-0.3, -0.25) is 9.59 Å². The summed E-state index contributed by atoms with van der Waals surface area (Å²) in [5.74, 6) is -0.678. The summed E-state index contributed by atoms with van der Waals surface area (Å²) < 4.78 is 5.28. The molecule has 0 unspecified atom stereocenters. The van der Waals surface area contributed by atoms with Gasteiger partial charge in [0.25, 0.3) is 11.8 Å². The highest BCUT2D eigenvalue weighted by molar-refractivity contribution is 6.29. The molecule has 86 valence electrons. The molecule has 1 aromatic carbocycles. The molecule has 0 saturated carbocycles. The summed E-state index contributed by atoms with van der Waals surface area (Å²) in [6.45, 7) is 0. The van der Waals surface area contributed by atoms with Crippen LogP contribution in [-0.2, 0) is 9.59 Å². The molecule has 0 bridgehead atoms. The van der Waals surface area contributed by atoms with Crippen LogP contribution in [0.3, 0.4) is 0 Å². The zero-order valence-corrected chi connectivity index (χ0v) is 9.44. The van der Waals surface area contributed by atoms with Gasteiger partial charge in [-0.05, 0) is 12.1 Å². The smallest absolute Gasteiger partial charge is 0.258 e. The van der Waals surface area contributed by atoms with Crippen LogP contribution in [0.4, 0.5) is 5.69 Å². The molecule has 2 aromatic rings. The number of hydrogen-bond donors (Lipinski definition) is 0. The van der Waals surface area contributed by atoms with E-state index in [1.54, 1.807) is 18.2 Å². The summed E-state index contributed by atoms with van der Waals surface area (Å²) in [5.41, 5.74) is 1.04. The predicted octanol–water partition coefficient (Wildman–Crippen LogP) is 2.28. The summed E-state index contributed by atoms with van der Waals surface area (Å²) in [5, 5.41) is 0.866. The Kier molecular flexibility index (Phi) is 2.73. The molecule has 0 saturated heterocycles. The number of carbonyl (C=O) groups is 2. The Balaban J connectivity index is 0.00000108. The van der Waals surface area contributed by atoms with Crippen LogP contribution < -0.4 is 4.90 Å². The van der Waals surface area contributed by atoms with Gasteiger partial charge < -0.3 is 4.42 Å². The number of imide groups is 1. The van der Waals surface area contributed by atoms with Crippen LogP contribution in [0.25, 0.3) is 11.0 Å². The first-order chi connectivity index (χ1) is 7.77. The highest BCUT2D eigenvalue weighted by atomic mass is 35.5. The van der Waals surface area contributed by atoms with Gasteiger partial charge in [0.15, 0.2) is 5.58 Å². The Labute approximate surface area is 103 Å². The van der Waals surface area contributed by atoms with Gasteiger partial charge in [-0.15, -0.1) is 12.4 Å². The molecular weight excluding hydrogens is 242 g/mol. The predicted molar refractivity (Wildman–Crippen MR) is 65.1 cm³/mol. The number of anilines is 1. The van der Waals surface area contributed by atoms with Crippen LogP contribution in [-0.4, -0.2) is 11.8 Å². The molecule has 0 radical (unpaired) electrons. The van der Waals surface area contributed by atoms with E-state index >= 15 is 0 Å². The minimum absolute atomic E-state index is 0. The van der Waals surface area contributed by atoms with Gasteiger partial charge in [0, 0.05) is 17.5 Å². The van der Waals surface area contributed by atoms with Gasteiger partial charge in [0.05, 0.1) is 12.0 Å². The minimum Gasteiger partial charge on any atom is -0.462 e. The average molecular weight is 250 g/mol. The zero-order valence-electron chi connectivity index (χ0n) is 8.62. The van der Waals surface area contributed by atoms with Crippen molar-refractivity contribution in [2.24, 2.45) is 0 Å². The second kappa shape index (κ2) is 4.07. The Morgan fingerprint density at radius 1 is 1.00 bits per heavy atom. The third-order valence-corrected chi connectivity index (χ3v) is 2.51. The number of fused-ring (bicyclic) bond motifs is 1. The van der Waals surface area contributed by atoms with Crippen LogP contribution in [0.5, 0.6) is 0 Å².